The highest BCUT2D eigenvalue weighted by atomic mass is 79.9. The highest BCUT2D eigenvalue weighted by Gasteiger charge is 2.16. The van der Waals surface area contributed by atoms with Crippen molar-refractivity contribution in [2.75, 3.05) is 13.2 Å². The Bertz CT molecular complexity index is 637. The number of hydrogen-bond donors (Lipinski definition) is 1. The number of benzene rings is 1. The number of nitrogens with one attached hydrogen (secondary N) is 1. The number of ether oxygens (including phenoxy) is 1. The van der Waals surface area contributed by atoms with Gasteiger partial charge in [-0.1, -0.05) is 15.9 Å². The van der Waals surface area contributed by atoms with Gasteiger partial charge < -0.3 is 10.1 Å². The van der Waals surface area contributed by atoms with Crippen molar-refractivity contribution in [3.63, 3.8) is 0 Å². The first-order valence-electron chi connectivity index (χ1n) is 7.13. The first-order chi connectivity index (χ1) is 10.7. The SMILES string of the molecule is O=C(Cn1nnc(-c2ccc(Br)cc2)n1)NC[C@@H]1CCCO1. The molecule has 2 aromatic rings. The molecule has 1 aliphatic heterocycles. The fourth-order valence-electron chi connectivity index (χ4n) is 2.24. The zero-order chi connectivity index (χ0) is 15.4. The van der Waals surface area contributed by atoms with Crippen LogP contribution >= 0.6 is 15.9 Å². The second-order valence-corrected chi connectivity index (χ2v) is 6.01. The molecule has 7 nitrogen and oxygen atoms in total. The molecule has 0 unspecified atom stereocenters. The molecule has 1 fully saturated rings. The lowest BCUT2D eigenvalue weighted by atomic mass is 10.2. The minimum absolute atomic E-state index is 0.0518. The fourth-order valence-corrected chi connectivity index (χ4v) is 2.51. The maximum Gasteiger partial charge on any atom is 0.243 e. The number of amides is 1. The molecule has 0 radical (unpaired) electrons. The van der Waals surface area contributed by atoms with Gasteiger partial charge in [0, 0.05) is 23.2 Å². The smallest absolute Gasteiger partial charge is 0.243 e. The Hall–Kier alpha value is -1.80. The van der Waals surface area contributed by atoms with E-state index in [1.807, 2.05) is 24.3 Å². The number of hydrogen-bond acceptors (Lipinski definition) is 5. The van der Waals surface area contributed by atoms with Crippen LogP contribution in [0.25, 0.3) is 11.4 Å². The van der Waals surface area contributed by atoms with Crippen LogP contribution in [-0.4, -0.2) is 45.4 Å². The summed E-state index contributed by atoms with van der Waals surface area (Å²) in [5.41, 5.74) is 0.856. The molecular formula is C14H16BrN5O2. The first kappa shape index (κ1) is 15.1. The minimum atomic E-state index is -0.143. The van der Waals surface area contributed by atoms with Gasteiger partial charge in [0.05, 0.1) is 6.10 Å². The molecule has 0 aliphatic carbocycles. The number of rotatable bonds is 5. The van der Waals surface area contributed by atoms with Crippen LogP contribution in [0.4, 0.5) is 0 Å². The molecule has 1 aliphatic rings. The average molecular weight is 366 g/mol. The summed E-state index contributed by atoms with van der Waals surface area (Å²) in [6.07, 6.45) is 2.18. The zero-order valence-electron chi connectivity index (χ0n) is 11.9. The third kappa shape index (κ3) is 3.89. The molecule has 0 saturated carbocycles. The van der Waals surface area contributed by atoms with Crippen LogP contribution in [0.2, 0.25) is 0 Å². The van der Waals surface area contributed by atoms with Gasteiger partial charge in [0.15, 0.2) is 0 Å². The summed E-state index contributed by atoms with van der Waals surface area (Å²) in [5.74, 6) is 0.356. The van der Waals surface area contributed by atoms with Crippen LogP contribution in [0.1, 0.15) is 12.8 Å². The van der Waals surface area contributed by atoms with E-state index in [4.69, 9.17) is 4.74 Å². The van der Waals surface area contributed by atoms with Crippen LogP contribution in [0.15, 0.2) is 28.7 Å². The zero-order valence-corrected chi connectivity index (χ0v) is 13.5. The first-order valence-corrected chi connectivity index (χ1v) is 7.92. The largest absolute Gasteiger partial charge is 0.376 e. The van der Waals surface area contributed by atoms with Crippen LogP contribution in [-0.2, 0) is 16.1 Å². The van der Waals surface area contributed by atoms with Crippen molar-refractivity contribution < 1.29 is 9.53 Å². The topological polar surface area (TPSA) is 81.9 Å². The van der Waals surface area contributed by atoms with Gasteiger partial charge in [-0.15, -0.1) is 10.2 Å². The summed E-state index contributed by atoms with van der Waals surface area (Å²) in [7, 11) is 0. The predicted molar refractivity (Wildman–Crippen MR) is 82.9 cm³/mol. The van der Waals surface area contributed by atoms with E-state index in [9.17, 15) is 4.79 Å². The van der Waals surface area contributed by atoms with E-state index >= 15 is 0 Å². The summed E-state index contributed by atoms with van der Waals surface area (Å²) >= 11 is 3.38. The Morgan fingerprint density at radius 1 is 1.41 bits per heavy atom. The molecule has 0 spiro atoms. The summed E-state index contributed by atoms with van der Waals surface area (Å²) in [6, 6.07) is 7.60. The molecule has 2 heterocycles. The van der Waals surface area contributed by atoms with Crippen LogP contribution in [0, 0.1) is 0 Å². The van der Waals surface area contributed by atoms with Gasteiger partial charge in [-0.25, -0.2) is 0 Å². The molecule has 1 amide bonds. The van der Waals surface area contributed by atoms with Crippen LogP contribution < -0.4 is 5.32 Å². The molecule has 3 rings (SSSR count). The molecule has 22 heavy (non-hydrogen) atoms. The quantitative estimate of drug-likeness (QED) is 0.865. The number of aromatic nitrogens is 4. The number of carbonyl (C=O) groups is 1. The van der Waals surface area contributed by atoms with E-state index in [1.165, 1.54) is 4.80 Å². The molecule has 1 saturated heterocycles. The molecule has 116 valence electrons. The van der Waals surface area contributed by atoms with Crippen molar-refractivity contribution in [3.8, 4) is 11.4 Å². The fraction of sp³-hybridized carbons (Fsp3) is 0.429. The van der Waals surface area contributed by atoms with E-state index < -0.39 is 0 Å². The Balaban J connectivity index is 1.54. The predicted octanol–water partition coefficient (Wildman–Crippen LogP) is 1.40. The molecular weight excluding hydrogens is 350 g/mol. The normalized spacial score (nSPS) is 17.6. The summed E-state index contributed by atoms with van der Waals surface area (Å²) < 4.78 is 6.44. The van der Waals surface area contributed by atoms with E-state index in [0.29, 0.717) is 12.4 Å². The summed E-state index contributed by atoms with van der Waals surface area (Å²) in [4.78, 5) is 13.2. The molecule has 0 bridgehead atoms. The van der Waals surface area contributed by atoms with E-state index in [-0.39, 0.29) is 18.6 Å². The molecule has 1 aromatic carbocycles. The van der Waals surface area contributed by atoms with Gasteiger partial charge in [0.2, 0.25) is 11.7 Å². The van der Waals surface area contributed by atoms with Gasteiger partial charge in [0.1, 0.15) is 6.54 Å². The minimum Gasteiger partial charge on any atom is -0.376 e. The molecule has 1 N–H and O–H groups in total. The summed E-state index contributed by atoms with van der Waals surface area (Å²) in [5, 5.41) is 14.9. The lowest BCUT2D eigenvalue weighted by Gasteiger charge is -2.10. The monoisotopic (exact) mass is 365 g/mol. The van der Waals surface area contributed by atoms with Crippen molar-refractivity contribution >= 4 is 21.8 Å². The third-order valence-electron chi connectivity index (χ3n) is 3.39. The Labute approximate surface area is 136 Å². The van der Waals surface area contributed by atoms with Crippen molar-refractivity contribution in [2.45, 2.75) is 25.5 Å². The highest BCUT2D eigenvalue weighted by Crippen LogP contribution is 2.17. The Kier molecular flexibility index (Phi) is 4.79. The Morgan fingerprint density at radius 3 is 2.95 bits per heavy atom. The molecule has 1 aromatic heterocycles. The van der Waals surface area contributed by atoms with Gasteiger partial charge in [-0.3, -0.25) is 4.79 Å². The van der Waals surface area contributed by atoms with Gasteiger partial charge in [0.25, 0.3) is 0 Å². The van der Waals surface area contributed by atoms with Crippen molar-refractivity contribution in [1.29, 1.82) is 0 Å². The highest BCUT2D eigenvalue weighted by molar-refractivity contribution is 9.10. The van der Waals surface area contributed by atoms with Crippen LogP contribution in [0.5, 0.6) is 0 Å². The molecule has 8 heteroatoms. The lowest BCUT2D eigenvalue weighted by Crippen LogP contribution is -2.34. The second kappa shape index (κ2) is 6.97. The molecule has 1 atom stereocenters. The number of tetrazole rings is 1. The maximum absolute atomic E-state index is 11.9. The van der Waals surface area contributed by atoms with Gasteiger partial charge >= 0.3 is 0 Å². The third-order valence-corrected chi connectivity index (χ3v) is 3.92. The number of nitrogens with zero attached hydrogens (tertiary/aromatic N) is 4. The number of halogens is 1. The summed E-state index contributed by atoms with van der Waals surface area (Å²) in [6.45, 7) is 1.37. The van der Waals surface area contributed by atoms with Crippen molar-refractivity contribution in [2.24, 2.45) is 0 Å². The van der Waals surface area contributed by atoms with Crippen molar-refractivity contribution in [3.05, 3.63) is 28.7 Å². The maximum atomic E-state index is 11.9. The van der Waals surface area contributed by atoms with E-state index in [2.05, 4.69) is 36.7 Å². The second-order valence-electron chi connectivity index (χ2n) is 5.09. The van der Waals surface area contributed by atoms with Crippen molar-refractivity contribution in [1.82, 2.24) is 25.5 Å². The van der Waals surface area contributed by atoms with Gasteiger partial charge in [-0.05, 0) is 42.3 Å². The van der Waals surface area contributed by atoms with Gasteiger partial charge in [-0.2, -0.15) is 4.80 Å². The van der Waals surface area contributed by atoms with E-state index in [0.717, 1.165) is 29.5 Å². The average Bonchev–Trinajstić information content (AvgIpc) is 3.17. The number of carbonyl (C=O) groups excluding carboxylic acids is 1. The van der Waals surface area contributed by atoms with Crippen LogP contribution in [0.3, 0.4) is 0 Å². The standard InChI is InChI=1S/C14H16BrN5O2/c15-11-5-3-10(4-6-11)14-17-19-20(18-14)9-13(21)16-8-12-2-1-7-22-12/h3-6,12H,1-2,7-9H2,(H,16,21)/t12-/m0/s1. The van der Waals surface area contributed by atoms with E-state index in [1.54, 1.807) is 0 Å². The lowest BCUT2D eigenvalue weighted by molar-refractivity contribution is -0.122. The Morgan fingerprint density at radius 2 is 2.23 bits per heavy atom.